The van der Waals surface area contributed by atoms with E-state index in [1.165, 1.54) is 33.3 Å². The molecule has 0 bridgehead atoms. The maximum absolute atomic E-state index is 14.7. The van der Waals surface area contributed by atoms with Gasteiger partial charge in [-0.25, -0.2) is 4.39 Å². The summed E-state index contributed by atoms with van der Waals surface area (Å²) in [6.07, 6.45) is -2.24. The Bertz CT molecular complexity index is 1160. The van der Waals surface area contributed by atoms with Crippen molar-refractivity contribution in [2.75, 3.05) is 47.1 Å². The zero-order valence-electron chi connectivity index (χ0n) is 25.2. The van der Waals surface area contributed by atoms with Crippen LogP contribution in [-0.4, -0.2) is 97.2 Å². The van der Waals surface area contributed by atoms with Gasteiger partial charge < -0.3 is 34.2 Å². The molecule has 1 aliphatic heterocycles. The molecule has 1 fully saturated rings. The Labute approximate surface area is 248 Å². The smallest absolute Gasteiger partial charge is 0.258 e. The van der Waals surface area contributed by atoms with Crippen molar-refractivity contribution in [2.24, 2.45) is 11.8 Å². The molecule has 232 valence electrons. The Kier molecular flexibility index (Phi) is 12.7. The lowest BCUT2D eigenvalue weighted by molar-refractivity contribution is -0.138. The predicted octanol–water partition coefficient (Wildman–Crippen LogP) is 3.69. The molecule has 1 saturated heterocycles. The molecule has 0 radical (unpaired) electrons. The fraction of sp³-hybridized carbons (Fsp3) is 0.562. The molecule has 2 aromatic rings. The molecule has 1 heterocycles. The van der Waals surface area contributed by atoms with Crippen molar-refractivity contribution in [3.63, 3.8) is 0 Å². The van der Waals surface area contributed by atoms with E-state index in [1.54, 1.807) is 46.2 Å². The van der Waals surface area contributed by atoms with Crippen LogP contribution in [0.2, 0.25) is 0 Å². The number of carbonyl (C=O) groups excluding carboxylic acids is 2. The Balaban J connectivity index is 2.18. The zero-order valence-corrected chi connectivity index (χ0v) is 25.2. The highest BCUT2D eigenvalue weighted by Gasteiger charge is 2.38. The molecule has 2 aromatic carbocycles. The van der Waals surface area contributed by atoms with Crippen LogP contribution in [0.4, 0.5) is 4.39 Å². The van der Waals surface area contributed by atoms with E-state index in [4.69, 9.17) is 14.2 Å². The zero-order chi connectivity index (χ0) is 30.8. The first kappa shape index (κ1) is 33.5. The number of benzene rings is 2. The second kappa shape index (κ2) is 16.0. The van der Waals surface area contributed by atoms with Gasteiger partial charge >= 0.3 is 0 Å². The van der Waals surface area contributed by atoms with Gasteiger partial charge in [0.15, 0.2) is 0 Å². The monoisotopic (exact) mass is 588 g/mol. The maximum Gasteiger partial charge on any atom is 0.258 e. The molecule has 0 spiro atoms. The molecule has 1 aliphatic rings. The van der Waals surface area contributed by atoms with Crippen molar-refractivity contribution in [3.05, 3.63) is 65.5 Å². The standard InChI is InChI=1S/C32H45FN2O7/c1-21(2)26-18-34(22(3)36)19-29(41-5)31(38)27(37)20-42-16-9-8-15-35(30(26)23-11-10-12-24(33)17-23)32(39)25-13-6-7-14-28(25)40-4/h6-7,10-14,17,21,26-27,29-31,37-38H,8-9,15-16,18-20H2,1-5H3/t26-,27-,29-,30-,31-/m1/s1. The van der Waals surface area contributed by atoms with Gasteiger partial charge in [-0.3, -0.25) is 9.59 Å². The lowest BCUT2D eigenvalue weighted by Gasteiger charge is -2.42. The van der Waals surface area contributed by atoms with Gasteiger partial charge in [0.05, 0.1) is 25.3 Å². The van der Waals surface area contributed by atoms with Gasteiger partial charge in [0, 0.05) is 46.2 Å². The fourth-order valence-corrected chi connectivity index (χ4v) is 5.53. The fourth-order valence-electron chi connectivity index (χ4n) is 5.53. The molecule has 5 atom stereocenters. The number of carbonyl (C=O) groups is 2. The number of para-hydroxylation sites is 1. The summed E-state index contributed by atoms with van der Waals surface area (Å²) in [5, 5.41) is 21.4. The van der Waals surface area contributed by atoms with E-state index in [2.05, 4.69) is 0 Å². The Morgan fingerprint density at radius 3 is 2.43 bits per heavy atom. The quantitative estimate of drug-likeness (QED) is 0.549. The minimum atomic E-state index is -1.29. The molecule has 0 unspecified atom stereocenters. The van der Waals surface area contributed by atoms with Crippen LogP contribution in [0.3, 0.4) is 0 Å². The molecular weight excluding hydrogens is 543 g/mol. The number of rotatable bonds is 5. The number of aliphatic hydroxyl groups excluding tert-OH is 2. The van der Waals surface area contributed by atoms with E-state index in [0.29, 0.717) is 42.9 Å². The molecule has 0 saturated carbocycles. The number of nitrogens with zero attached hydrogens (tertiary/aromatic N) is 2. The molecule has 42 heavy (non-hydrogen) atoms. The first-order chi connectivity index (χ1) is 20.1. The van der Waals surface area contributed by atoms with Crippen LogP contribution in [0.1, 0.15) is 55.6 Å². The molecule has 0 aliphatic carbocycles. The second-order valence-corrected chi connectivity index (χ2v) is 11.1. The van der Waals surface area contributed by atoms with Crippen LogP contribution in [0.5, 0.6) is 5.75 Å². The second-order valence-electron chi connectivity index (χ2n) is 11.1. The van der Waals surface area contributed by atoms with E-state index in [9.17, 15) is 24.2 Å². The van der Waals surface area contributed by atoms with Crippen molar-refractivity contribution in [1.29, 1.82) is 0 Å². The first-order valence-electron chi connectivity index (χ1n) is 14.5. The lowest BCUT2D eigenvalue weighted by atomic mass is 9.82. The first-order valence-corrected chi connectivity index (χ1v) is 14.5. The summed E-state index contributed by atoms with van der Waals surface area (Å²) in [6, 6.07) is 12.6. The van der Waals surface area contributed by atoms with Gasteiger partial charge in [-0.2, -0.15) is 0 Å². The highest BCUT2D eigenvalue weighted by molar-refractivity contribution is 5.97. The summed E-state index contributed by atoms with van der Waals surface area (Å²) in [4.78, 5) is 30.7. The third kappa shape index (κ3) is 8.50. The number of ether oxygens (including phenoxy) is 3. The number of methoxy groups -OCH3 is 2. The van der Waals surface area contributed by atoms with Crippen molar-refractivity contribution >= 4 is 11.8 Å². The largest absolute Gasteiger partial charge is 0.496 e. The summed E-state index contributed by atoms with van der Waals surface area (Å²) in [5.74, 6) is -0.918. The van der Waals surface area contributed by atoms with Crippen molar-refractivity contribution in [1.82, 2.24) is 9.80 Å². The lowest BCUT2D eigenvalue weighted by Crippen LogP contribution is -2.51. The van der Waals surface area contributed by atoms with Gasteiger partial charge in [-0.05, 0) is 48.6 Å². The van der Waals surface area contributed by atoms with Crippen LogP contribution in [0, 0.1) is 17.7 Å². The minimum absolute atomic E-state index is 0.00358. The molecule has 3 rings (SSSR count). The van der Waals surface area contributed by atoms with Crippen LogP contribution >= 0.6 is 0 Å². The summed E-state index contributed by atoms with van der Waals surface area (Å²) in [5.41, 5.74) is 0.993. The highest BCUT2D eigenvalue weighted by atomic mass is 19.1. The third-order valence-corrected chi connectivity index (χ3v) is 7.97. The normalized spacial score (nSPS) is 25.0. The van der Waals surface area contributed by atoms with Crippen molar-refractivity contribution < 1.29 is 38.4 Å². The van der Waals surface area contributed by atoms with E-state index in [1.807, 2.05) is 13.8 Å². The average molecular weight is 589 g/mol. The van der Waals surface area contributed by atoms with Gasteiger partial charge in [-0.15, -0.1) is 0 Å². The number of amides is 2. The summed E-state index contributed by atoms with van der Waals surface area (Å²) >= 11 is 0. The summed E-state index contributed by atoms with van der Waals surface area (Å²) in [6.45, 7) is 6.18. The number of hydrogen-bond acceptors (Lipinski definition) is 7. The van der Waals surface area contributed by atoms with Gasteiger partial charge in [0.1, 0.15) is 29.9 Å². The number of aliphatic hydroxyl groups is 2. The molecule has 0 aromatic heterocycles. The summed E-state index contributed by atoms with van der Waals surface area (Å²) in [7, 11) is 2.92. The van der Waals surface area contributed by atoms with E-state index in [0.717, 1.165) is 0 Å². The predicted molar refractivity (Wildman–Crippen MR) is 157 cm³/mol. The van der Waals surface area contributed by atoms with E-state index < -0.39 is 30.2 Å². The average Bonchev–Trinajstić information content (AvgIpc) is 2.97. The minimum Gasteiger partial charge on any atom is -0.496 e. The number of hydrogen-bond donors (Lipinski definition) is 2. The number of halogens is 1. The van der Waals surface area contributed by atoms with E-state index in [-0.39, 0.29) is 43.3 Å². The maximum atomic E-state index is 14.7. The van der Waals surface area contributed by atoms with Gasteiger partial charge in [0.2, 0.25) is 5.91 Å². The Morgan fingerprint density at radius 2 is 1.79 bits per heavy atom. The van der Waals surface area contributed by atoms with Crippen molar-refractivity contribution in [3.8, 4) is 5.75 Å². The van der Waals surface area contributed by atoms with Gasteiger partial charge in [-0.1, -0.05) is 38.1 Å². The van der Waals surface area contributed by atoms with Crippen LogP contribution in [0.25, 0.3) is 0 Å². The van der Waals surface area contributed by atoms with Crippen LogP contribution in [0.15, 0.2) is 48.5 Å². The summed E-state index contributed by atoms with van der Waals surface area (Å²) < 4.78 is 31.4. The van der Waals surface area contributed by atoms with E-state index >= 15 is 0 Å². The van der Waals surface area contributed by atoms with Gasteiger partial charge in [0.25, 0.3) is 5.91 Å². The Morgan fingerprint density at radius 1 is 1.05 bits per heavy atom. The molecular formula is C32H45FN2O7. The van der Waals surface area contributed by atoms with Crippen LogP contribution in [-0.2, 0) is 14.3 Å². The van der Waals surface area contributed by atoms with Crippen LogP contribution < -0.4 is 4.74 Å². The Hall–Kier alpha value is -3.05. The van der Waals surface area contributed by atoms with Crippen molar-refractivity contribution in [2.45, 2.75) is 58.0 Å². The molecule has 9 nitrogen and oxygen atoms in total. The molecule has 2 amide bonds. The highest BCUT2D eigenvalue weighted by Crippen LogP contribution is 2.37. The molecule has 10 heteroatoms. The molecule has 2 N–H and O–H groups in total. The SMILES string of the molecule is COc1ccccc1C(=O)N1CCCCOC[C@@H](O)[C@@H](O)[C@H](OC)CN(C(C)=O)C[C@H](C(C)C)[C@H]1c1cccc(F)c1. The topological polar surface area (TPSA) is 109 Å². The third-order valence-electron chi connectivity index (χ3n) is 7.97.